The minimum absolute atomic E-state index is 0.0117. The van der Waals surface area contributed by atoms with Crippen LogP contribution in [0.25, 0.3) is 10.9 Å². The standard InChI is InChI=1S/C24H26N2O4S/c1-24(2,3)30-23(27)22-19(31(28,29)15-7-5-4-6-8-15)12-11-17-21(22)20-16-10-9-14(25-16)13-18(20)26-17/h4-8,11-12,14,16,25-26H,9-10,13H2,1-3H3. The number of H-pyrrole nitrogens is 1. The number of esters is 1. The van der Waals surface area contributed by atoms with Crippen LogP contribution in [0.1, 0.15) is 61.3 Å². The molecule has 0 aliphatic carbocycles. The lowest BCUT2D eigenvalue weighted by Gasteiger charge is -2.24. The van der Waals surface area contributed by atoms with Gasteiger partial charge in [-0.3, -0.25) is 0 Å². The minimum Gasteiger partial charge on any atom is -0.456 e. The van der Waals surface area contributed by atoms with E-state index in [2.05, 4.69) is 10.3 Å². The number of ether oxygens (including phenoxy) is 1. The van der Waals surface area contributed by atoms with E-state index in [4.69, 9.17) is 4.74 Å². The van der Waals surface area contributed by atoms with E-state index in [-0.39, 0.29) is 21.4 Å². The first-order chi connectivity index (χ1) is 14.6. The molecule has 162 valence electrons. The van der Waals surface area contributed by atoms with Gasteiger partial charge < -0.3 is 15.0 Å². The van der Waals surface area contributed by atoms with Crippen molar-refractivity contribution in [1.29, 1.82) is 0 Å². The number of aromatic amines is 1. The zero-order valence-corrected chi connectivity index (χ0v) is 18.7. The molecule has 2 unspecified atom stereocenters. The zero-order valence-electron chi connectivity index (χ0n) is 17.9. The number of hydrogen-bond acceptors (Lipinski definition) is 5. The van der Waals surface area contributed by atoms with Crippen molar-refractivity contribution in [1.82, 2.24) is 10.3 Å². The number of fused-ring (bicyclic) bond motifs is 6. The molecule has 1 saturated heterocycles. The highest BCUT2D eigenvalue weighted by molar-refractivity contribution is 7.91. The second-order valence-electron chi connectivity index (χ2n) is 9.39. The van der Waals surface area contributed by atoms with Crippen molar-refractivity contribution in [3.8, 4) is 0 Å². The van der Waals surface area contributed by atoms with Gasteiger partial charge in [0.2, 0.25) is 9.84 Å². The van der Waals surface area contributed by atoms with Gasteiger partial charge in [0.15, 0.2) is 0 Å². The molecule has 5 rings (SSSR count). The van der Waals surface area contributed by atoms with E-state index in [1.165, 1.54) is 6.07 Å². The van der Waals surface area contributed by atoms with E-state index in [0.717, 1.165) is 36.0 Å². The van der Waals surface area contributed by atoms with Crippen molar-refractivity contribution in [2.75, 3.05) is 0 Å². The molecule has 2 atom stereocenters. The molecule has 2 bridgehead atoms. The number of benzene rings is 2. The van der Waals surface area contributed by atoms with Gasteiger partial charge in [-0.15, -0.1) is 0 Å². The summed E-state index contributed by atoms with van der Waals surface area (Å²) in [7, 11) is -3.92. The van der Waals surface area contributed by atoms with Crippen LogP contribution in [-0.4, -0.2) is 31.0 Å². The van der Waals surface area contributed by atoms with Crippen molar-refractivity contribution < 1.29 is 17.9 Å². The Morgan fingerprint density at radius 3 is 2.52 bits per heavy atom. The minimum atomic E-state index is -3.92. The first-order valence-corrected chi connectivity index (χ1v) is 12.1. The van der Waals surface area contributed by atoms with E-state index in [1.807, 2.05) is 0 Å². The lowest BCUT2D eigenvalue weighted by molar-refractivity contribution is 0.00675. The Hall–Kier alpha value is -2.64. The summed E-state index contributed by atoms with van der Waals surface area (Å²) in [5, 5.41) is 4.27. The van der Waals surface area contributed by atoms with Crippen molar-refractivity contribution in [3.63, 3.8) is 0 Å². The summed E-state index contributed by atoms with van der Waals surface area (Å²) >= 11 is 0. The molecular weight excluding hydrogens is 412 g/mol. The fraction of sp³-hybridized carbons (Fsp3) is 0.375. The van der Waals surface area contributed by atoms with E-state index in [0.29, 0.717) is 11.4 Å². The SMILES string of the molecule is CC(C)(C)OC(=O)c1c(S(=O)(=O)c2ccccc2)ccc2[nH]c3c(c12)C1CCC(C3)N1. The summed E-state index contributed by atoms with van der Waals surface area (Å²) in [5.41, 5.74) is 2.24. The van der Waals surface area contributed by atoms with Gasteiger partial charge >= 0.3 is 5.97 Å². The van der Waals surface area contributed by atoms with Crippen molar-refractivity contribution >= 4 is 26.7 Å². The Morgan fingerprint density at radius 1 is 1.06 bits per heavy atom. The average molecular weight is 439 g/mol. The van der Waals surface area contributed by atoms with E-state index < -0.39 is 21.4 Å². The maximum absolute atomic E-state index is 13.6. The molecule has 0 spiro atoms. The predicted octanol–water partition coefficient (Wildman–Crippen LogP) is 4.31. The number of rotatable bonds is 3. The highest BCUT2D eigenvalue weighted by atomic mass is 32.2. The van der Waals surface area contributed by atoms with Gasteiger partial charge in [0.05, 0.1) is 15.4 Å². The molecule has 31 heavy (non-hydrogen) atoms. The van der Waals surface area contributed by atoms with Crippen LogP contribution < -0.4 is 5.32 Å². The topological polar surface area (TPSA) is 88.3 Å². The van der Waals surface area contributed by atoms with Crippen LogP contribution in [-0.2, 0) is 21.0 Å². The maximum atomic E-state index is 13.6. The summed E-state index contributed by atoms with van der Waals surface area (Å²) < 4.78 is 32.9. The summed E-state index contributed by atoms with van der Waals surface area (Å²) in [6, 6.07) is 12.0. The molecule has 2 aromatic carbocycles. The van der Waals surface area contributed by atoms with E-state index in [9.17, 15) is 13.2 Å². The monoisotopic (exact) mass is 438 g/mol. The molecule has 2 aliphatic rings. The molecule has 1 aromatic heterocycles. The average Bonchev–Trinajstić information content (AvgIpc) is 3.27. The smallest absolute Gasteiger partial charge is 0.340 e. The van der Waals surface area contributed by atoms with Crippen molar-refractivity contribution in [3.05, 3.63) is 59.3 Å². The quantitative estimate of drug-likeness (QED) is 0.595. The summed E-state index contributed by atoms with van der Waals surface area (Å²) in [4.78, 5) is 17.0. The second-order valence-corrected chi connectivity index (χ2v) is 11.3. The van der Waals surface area contributed by atoms with Gasteiger partial charge in [0, 0.05) is 35.1 Å². The van der Waals surface area contributed by atoms with E-state index in [1.54, 1.807) is 57.2 Å². The van der Waals surface area contributed by atoms with Gasteiger partial charge in [-0.1, -0.05) is 18.2 Å². The highest BCUT2D eigenvalue weighted by Crippen LogP contribution is 2.43. The normalized spacial score (nSPS) is 20.6. The third kappa shape index (κ3) is 3.36. The molecule has 1 fully saturated rings. The fourth-order valence-electron chi connectivity index (χ4n) is 4.83. The van der Waals surface area contributed by atoms with Crippen LogP contribution in [0.5, 0.6) is 0 Å². The first-order valence-electron chi connectivity index (χ1n) is 10.6. The first kappa shape index (κ1) is 20.3. The second kappa shape index (κ2) is 6.93. The van der Waals surface area contributed by atoms with Crippen LogP contribution in [0.15, 0.2) is 52.3 Å². The molecule has 6 nitrogen and oxygen atoms in total. The van der Waals surface area contributed by atoms with Crippen molar-refractivity contribution in [2.45, 2.75) is 67.5 Å². The van der Waals surface area contributed by atoms with Gasteiger partial charge in [-0.25, -0.2) is 13.2 Å². The van der Waals surface area contributed by atoms with Gasteiger partial charge in [0.1, 0.15) is 5.60 Å². The molecule has 3 heterocycles. The highest BCUT2D eigenvalue weighted by Gasteiger charge is 2.38. The van der Waals surface area contributed by atoms with Gasteiger partial charge in [-0.05, 0) is 63.4 Å². The Morgan fingerprint density at radius 2 is 1.81 bits per heavy atom. The van der Waals surface area contributed by atoms with Gasteiger partial charge in [-0.2, -0.15) is 0 Å². The van der Waals surface area contributed by atoms with Gasteiger partial charge in [0.25, 0.3) is 0 Å². The molecule has 0 radical (unpaired) electrons. The Bertz CT molecular complexity index is 1290. The predicted molar refractivity (Wildman–Crippen MR) is 118 cm³/mol. The van der Waals surface area contributed by atoms with Crippen LogP contribution in [0.3, 0.4) is 0 Å². The largest absolute Gasteiger partial charge is 0.456 e. The molecular formula is C24H26N2O4S. The summed E-state index contributed by atoms with van der Waals surface area (Å²) in [5.74, 6) is -0.616. The number of hydrogen-bond donors (Lipinski definition) is 2. The number of sulfone groups is 1. The van der Waals surface area contributed by atoms with Crippen LogP contribution in [0.2, 0.25) is 0 Å². The third-order valence-electron chi connectivity index (χ3n) is 6.03. The van der Waals surface area contributed by atoms with E-state index >= 15 is 0 Å². The molecule has 2 N–H and O–H groups in total. The lowest BCUT2D eigenvalue weighted by atomic mass is 9.96. The van der Waals surface area contributed by atoms with Crippen LogP contribution in [0.4, 0.5) is 0 Å². The Labute approximate surface area is 181 Å². The number of nitrogens with one attached hydrogen (secondary N) is 2. The number of carbonyl (C=O) groups excluding carboxylic acids is 1. The molecule has 0 saturated carbocycles. The van der Waals surface area contributed by atoms with Crippen LogP contribution in [0, 0.1) is 0 Å². The lowest BCUT2D eigenvalue weighted by Crippen LogP contribution is -2.31. The Kier molecular flexibility index (Phi) is 4.53. The molecule has 3 aromatic rings. The third-order valence-corrected chi connectivity index (χ3v) is 7.84. The zero-order chi connectivity index (χ0) is 22.0. The molecule has 0 amide bonds. The number of carbonyl (C=O) groups is 1. The molecule has 7 heteroatoms. The molecule has 2 aliphatic heterocycles. The Balaban J connectivity index is 1.80. The number of aromatic nitrogens is 1. The van der Waals surface area contributed by atoms with Crippen molar-refractivity contribution in [2.24, 2.45) is 0 Å². The summed E-state index contributed by atoms with van der Waals surface area (Å²) in [6.07, 6.45) is 2.88. The fourth-order valence-corrected chi connectivity index (χ4v) is 6.30. The summed E-state index contributed by atoms with van der Waals surface area (Å²) in [6.45, 7) is 5.35. The maximum Gasteiger partial charge on any atom is 0.340 e. The van der Waals surface area contributed by atoms with Crippen LogP contribution >= 0.6 is 0 Å².